The van der Waals surface area contributed by atoms with E-state index in [0.717, 1.165) is 16.7 Å². The summed E-state index contributed by atoms with van der Waals surface area (Å²) in [5.74, 6) is -1.38. The summed E-state index contributed by atoms with van der Waals surface area (Å²) >= 11 is 6.46. The van der Waals surface area contributed by atoms with Crippen molar-refractivity contribution in [2.24, 2.45) is 0 Å². The molecule has 0 radical (unpaired) electrons. The van der Waals surface area contributed by atoms with Crippen molar-refractivity contribution in [2.45, 2.75) is 14.8 Å². The van der Waals surface area contributed by atoms with Crippen molar-refractivity contribution in [1.82, 2.24) is 9.97 Å². The lowest BCUT2D eigenvalue weighted by Gasteiger charge is -2.08. The Hall–Kier alpha value is -1.36. The number of hydrogen-bond acceptors (Lipinski definition) is 9. The highest BCUT2D eigenvalue weighted by atomic mass is 33.1. The number of carboxylic acid groups (broad SMARTS) is 1. The van der Waals surface area contributed by atoms with Crippen LogP contribution in [0.25, 0.3) is 0 Å². The number of carbonyl (C=O) groups is 2. The van der Waals surface area contributed by atoms with Crippen LogP contribution in [0.2, 0.25) is 0 Å². The summed E-state index contributed by atoms with van der Waals surface area (Å²) in [7, 11) is 1.20. The monoisotopic (exact) mass is 400 g/mol. The SMILES string of the molecule is O=C(O)CSc1cccnc1OC(=O)CSc1cccnc1SS. The molecule has 0 spiro atoms. The quantitative estimate of drug-likeness (QED) is 0.300. The molecule has 126 valence electrons. The first-order valence-corrected chi connectivity index (χ1v) is 10.3. The van der Waals surface area contributed by atoms with Crippen LogP contribution in [-0.4, -0.2) is 38.5 Å². The number of thioether (sulfide) groups is 2. The van der Waals surface area contributed by atoms with Crippen LogP contribution in [0.15, 0.2) is 51.5 Å². The van der Waals surface area contributed by atoms with Crippen molar-refractivity contribution in [2.75, 3.05) is 11.5 Å². The first-order valence-electron chi connectivity index (χ1n) is 6.49. The zero-order valence-corrected chi connectivity index (χ0v) is 15.5. The molecule has 0 aliphatic carbocycles. The minimum atomic E-state index is -0.954. The molecule has 2 heterocycles. The Kier molecular flexibility index (Phi) is 7.76. The highest BCUT2D eigenvalue weighted by Crippen LogP contribution is 2.31. The van der Waals surface area contributed by atoms with E-state index in [2.05, 4.69) is 21.6 Å². The van der Waals surface area contributed by atoms with E-state index in [1.54, 1.807) is 24.4 Å². The summed E-state index contributed by atoms with van der Waals surface area (Å²) in [4.78, 5) is 32.2. The van der Waals surface area contributed by atoms with Gasteiger partial charge in [0, 0.05) is 17.3 Å². The van der Waals surface area contributed by atoms with Gasteiger partial charge in [0.25, 0.3) is 0 Å². The second-order valence-electron chi connectivity index (χ2n) is 4.15. The van der Waals surface area contributed by atoms with Gasteiger partial charge in [0.1, 0.15) is 5.03 Å². The fourth-order valence-corrected chi connectivity index (χ4v) is 4.07. The van der Waals surface area contributed by atoms with E-state index in [0.29, 0.717) is 9.92 Å². The molecule has 0 saturated carbocycles. The minimum Gasteiger partial charge on any atom is -0.481 e. The molecule has 0 aromatic carbocycles. The molecule has 0 atom stereocenters. The van der Waals surface area contributed by atoms with Crippen molar-refractivity contribution in [3.63, 3.8) is 0 Å². The van der Waals surface area contributed by atoms with Crippen LogP contribution >= 0.6 is 46.0 Å². The highest BCUT2D eigenvalue weighted by molar-refractivity contribution is 8.68. The molecule has 2 aromatic heterocycles. The Labute approximate surface area is 156 Å². The normalized spacial score (nSPS) is 10.4. The standard InChI is InChI=1S/C14H12N2O4S4/c17-11(18)7-22-9-3-1-5-15-13(9)20-12(19)8-23-10-4-2-6-16-14(10)24-21/h1-6,21H,7-8H2,(H,17,18). The number of aromatic nitrogens is 2. The summed E-state index contributed by atoms with van der Waals surface area (Å²) in [6, 6.07) is 6.94. The molecule has 10 heteroatoms. The third-order valence-corrected chi connectivity index (χ3v) is 5.65. The maximum Gasteiger partial charge on any atom is 0.323 e. The van der Waals surface area contributed by atoms with Crippen LogP contribution < -0.4 is 4.74 Å². The number of carbonyl (C=O) groups excluding carboxylic acids is 1. The highest BCUT2D eigenvalue weighted by Gasteiger charge is 2.13. The Balaban J connectivity index is 1.96. The van der Waals surface area contributed by atoms with Crippen LogP contribution in [0.5, 0.6) is 5.88 Å². The van der Waals surface area contributed by atoms with E-state index < -0.39 is 11.9 Å². The number of esters is 1. The largest absolute Gasteiger partial charge is 0.481 e. The fourth-order valence-electron chi connectivity index (χ4n) is 1.53. The molecule has 24 heavy (non-hydrogen) atoms. The van der Waals surface area contributed by atoms with Gasteiger partial charge in [-0.05, 0) is 35.1 Å². The van der Waals surface area contributed by atoms with Gasteiger partial charge in [0.05, 0.1) is 16.4 Å². The van der Waals surface area contributed by atoms with Crippen LogP contribution in [0.1, 0.15) is 0 Å². The Morgan fingerprint density at radius 2 is 1.75 bits per heavy atom. The van der Waals surface area contributed by atoms with Crippen LogP contribution in [0.4, 0.5) is 0 Å². The summed E-state index contributed by atoms with van der Waals surface area (Å²) in [6.45, 7) is 0. The molecule has 0 aliphatic rings. The van der Waals surface area contributed by atoms with Gasteiger partial charge in [0.15, 0.2) is 0 Å². The number of pyridine rings is 2. The average molecular weight is 401 g/mol. The number of ether oxygens (including phenoxy) is 1. The van der Waals surface area contributed by atoms with Crippen molar-refractivity contribution in [1.29, 1.82) is 0 Å². The molecular formula is C14H12N2O4S4. The number of carboxylic acids is 1. The lowest BCUT2D eigenvalue weighted by atomic mass is 10.5. The Morgan fingerprint density at radius 1 is 1.08 bits per heavy atom. The zero-order valence-electron chi connectivity index (χ0n) is 12.1. The fraction of sp³-hybridized carbons (Fsp3) is 0.143. The van der Waals surface area contributed by atoms with Gasteiger partial charge in [0.2, 0.25) is 5.88 Å². The molecule has 2 rings (SSSR count). The van der Waals surface area contributed by atoms with E-state index in [-0.39, 0.29) is 17.4 Å². The third kappa shape index (κ3) is 5.93. The van der Waals surface area contributed by atoms with Gasteiger partial charge in [-0.2, -0.15) is 0 Å². The second-order valence-corrected chi connectivity index (χ2v) is 7.30. The number of nitrogens with zero attached hydrogens (tertiary/aromatic N) is 2. The maximum atomic E-state index is 12.0. The number of rotatable bonds is 8. The molecule has 2 aromatic rings. The summed E-state index contributed by atoms with van der Waals surface area (Å²) in [5.41, 5.74) is 0. The van der Waals surface area contributed by atoms with Crippen molar-refractivity contribution in [3.05, 3.63) is 36.7 Å². The van der Waals surface area contributed by atoms with Gasteiger partial charge < -0.3 is 9.84 Å². The van der Waals surface area contributed by atoms with E-state index >= 15 is 0 Å². The smallest absolute Gasteiger partial charge is 0.323 e. The first-order chi connectivity index (χ1) is 11.6. The van der Waals surface area contributed by atoms with Crippen molar-refractivity contribution >= 4 is 57.9 Å². The molecule has 0 unspecified atom stereocenters. The van der Waals surface area contributed by atoms with Gasteiger partial charge >= 0.3 is 11.9 Å². The van der Waals surface area contributed by atoms with Crippen LogP contribution in [-0.2, 0) is 9.59 Å². The summed E-state index contributed by atoms with van der Waals surface area (Å²) in [6.07, 6.45) is 3.14. The van der Waals surface area contributed by atoms with E-state index in [4.69, 9.17) is 9.84 Å². The predicted molar refractivity (Wildman–Crippen MR) is 98.0 cm³/mol. The predicted octanol–water partition coefficient (Wildman–Crippen LogP) is 3.29. The van der Waals surface area contributed by atoms with Crippen LogP contribution in [0, 0.1) is 0 Å². The molecule has 0 bridgehead atoms. The van der Waals surface area contributed by atoms with E-state index in [9.17, 15) is 9.59 Å². The molecule has 0 aliphatic heterocycles. The van der Waals surface area contributed by atoms with Crippen molar-refractivity contribution in [3.8, 4) is 5.88 Å². The molecule has 0 saturated heterocycles. The topological polar surface area (TPSA) is 89.4 Å². The Morgan fingerprint density at radius 3 is 2.46 bits per heavy atom. The minimum absolute atomic E-state index is 0.0760. The number of thiol groups is 1. The third-order valence-electron chi connectivity index (χ3n) is 2.47. The zero-order chi connectivity index (χ0) is 17.4. The van der Waals surface area contributed by atoms with Crippen LogP contribution in [0.3, 0.4) is 0 Å². The molecule has 0 amide bonds. The molecule has 0 fully saturated rings. The summed E-state index contributed by atoms with van der Waals surface area (Å²) < 4.78 is 5.24. The van der Waals surface area contributed by atoms with Gasteiger partial charge in [-0.3, -0.25) is 9.59 Å². The second kappa shape index (κ2) is 9.82. The van der Waals surface area contributed by atoms with Gasteiger partial charge in [-0.1, -0.05) is 0 Å². The van der Waals surface area contributed by atoms with Crippen molar-refractivity contribution < 1.29 is 19.4 Å². The Bertz CT molecular complexity index is 729. The van der Waals surface area contributed by atoms with Gasteiger partial charge in [-0.25, -0.2) is 9.97 Å². The molecular weight excluding hydrogens is 388 g/mol. The number of hydrogen-bond donors (Lipinski definition) is 2. The lowest BCUT2D eigenvalue weighted by molar-refractivity contribution is -0.134. The maximum absolute atomic E-state index is 12.0. The average Bonchev–Trinajstić information content (AvgIpc) is 2.59. The lowest BCUT2D eigenvalue weighted by Crippen LogP contribution is -2.12. The summed E-state index contributed by atoms with van der Waals surface area (Å²) in [5, 5.41) is 9.46. The number of aliphatic carboxylic acids is 1. The molecule has 1 N–H and O–H groups in total. The van der Waals surface area contributed by atoms with E-state index in [1.807, 2.05) is 6.07 Å². The van der Waals surface area contributed by atoms with E-state index in [1.165, 1.54) is 28.8 Å². The first kappa shape index (κ1) is 19.0. The van der Waals surface area contributed by atoms with Gasteiger partial charge in [-0.15, -0.1) is 35.2 Å². The molecule has 6 nitrogen and oxygen atoms in total.